The van der Waals surface area contributed by atoms with Gasteiger partial charge in [-0.25, -0.2) is 4.79 Å². The van der Waals surface area contributed by atoms with Crippen molar-refractivity contribution < 1.29 is 9.90 Å². The first-order valence-electron chi connectivity index (χ1n) is 6.24. The third-order valence-corrected chi connectivity index (χ3v) is 3.00. The number of carbonyl (C=O) groups is 1. The Bertz CT molecular complexity index is 499. The number of phenols is 1. The lowest BCUT2D eigenvalue weighted by Gasteiger charge is -2.19. The van der Waals surface area contributed by atoms with Crippen molar-refractivity contribution in [1.29, 1.82) is 0 Å². The second kappa shape index (κ2) is 5.78. The molecule has 0 saturated heterocycles. The van der Waals surface area contributed by atoms with Gasteiger partial charge in [0.2, 0.25) is 0 Å². The zero-order valence-electron chi connectivity index (χ0n) is 12.2. The van der Waals surface area contributed by atoms with Gasteiger partial charge in [-0.15, -0.1) is 0 Å². The smallest absolute Gasteiger partial charge is 0.323 e. The highest BCUT2D eigenvalue weighted by molar-refractivity contribution is 5.91. The Morgan fingerprint density at radius 2 is 1.95 bits per heavy atom. The molecular weight excluding hydrogens is 240 g/mol. The van der Waals surface area contributed by atoms with Crippen LogP contribution in [0.5, 0.6) is 5.75 Å². The zero-order valence-corrected chi connectivity index (χ0v) is 12.2. The number of amides is 2. The third-order valence-electron chi connectivity index (χ3n) is 3.00. The number of hydrogen-bond acceptors (Lipinski definition) is 2. The first-order valence-corrected chi connectivity index (χ1v) is 6.24. The minimum atomic E-state index is -0.371. The molecule has 0 spiro atoms. The number of hydrogen-bond donors (Lipinski definition) is 3. The number of allylic oxidation sites excluding steroid dienone is 1. The maximum absolute atomic E-state index is 11.7. The van der Waals surface area contributed by atoms with Gasteiger partial charge in [0.1, 0.15) is 5.75 Å². The van der Waals surface area contributed by atoms with Gasteiger partial charge in [-0.1, -0.05) is 32.4 Å². The molecule has 4 heteroatoms. The molecule has 0 heterocycles. The Morgan fingerprint density at radius 1 is 1.32 bits per heavy atom. The normalized spacial score (nSPS) is 12.2. The third kappa shape index (κ3) is 4.66. The van der Waals surface area contributed by atoms with Gasteiger partial charge in [0.15, 0.2) is 0 Å². The maximum Gasteiger partial charge on any atom is 0.323 e. The van der Waals surface area contributed by atoms with E-state index in [0.29, 0.717) is 5.69 Å². The summed E-state index contributed by atoms with van der Waals surface area (Å²) in [5.74, 6) is 0.0530. The van der Waals surface area contributed by atoms with Crippen LogP contribution in [0.2, 0.25) is 0 Å². The molecule has 0 atom stereocenters. The van der Waals surface area contributed by atoms with Crippen LogP contribution in [0.1, 0.15) is 33.3 Å². The number of aromatic hydroxyl groups is 1. The molecule has 1 rings (SSSR count). The molecule has 0 fully saturated rings. The van der Waals surface area contributed by atoms with E-state index in [-0.39, 0.29) is 17.2 Å². The number of benzene rings is 1. The van der Waals surface area contributed by atoms with Crippen LogP contribution >= 0.6 is 0 Å². The summed E-state index contributed by atoms with van der Waals surface area (Å²) < 4.78 is 0. The lowest BCUT2D eigenvalue weighted by molar-refractivity contribution is 0.254. The van der Waals surface area contributed by atoms with Gasteiger partial charge in [-0.05, 0) is 37.0 Å². The van der Waals surface area contributed by atoms with Crippen molar-refractivity contribution in [3.8, 4) is 5.75 Å². The average Bonchev–Trinajstić information content (AvgIpc) is 2.29. The topological polar surface area (TPSA) is 61.4 Å². The second-order valence-electron chi connectivity index (χ2n) is 5.70. The average molecular weight is 262 g/mol. The number of anilines is 1. The number of phenolic OH excluding ortho intramolecular Hbond substituents is 1. The van der Waals surface area contributed by atoms with E-state index >= 15 is 0 Å². The van der Waals surface area contributed by atoms with Gasteiger partial charge >= 0.3 is 6.03 Å². The Balaban J connectivity index is 2.69. The molecule has 0 saturated carbocycles. The predicted molar refractivity (Wildman–Crippen MR) is 78.2 cm³/mol. The summed E-state index contributed by atoms with van der Waals surface area (Å²) >= 11 is 0. The molecule has 0 aliphatic rings. The monoisotopic (exact) mass is 262 g/mol. The largest absolute Gasteiger partial charge is 0.506 e. The molecule has 0 aliphatic heterocycles. The minimum absolute atomic E-state index is 0.0127. The summed E-state index contributed by atoms with van der Waals surface area (Å²) in [6, 6.07) is 4.68. The van der Waals surface area contributed by atoms with Crippen LogP contribution in [-0.2, 0) is 0 Å². The van der Waals surface area contributed by atoms with E-state index in [1.54, 1.807) is 24.4 Å². The van der Waals surface area contributed by atoms with Crippen LogP contribution in [0.15, 0.2) is 30.0 Å². The van der Waals surface area contributed by atoms with Crippen molar-refractivity contribution in [1.82, 2.24) is 5.32 Å². The molecule has 0 radical (unpaired) electrons. The van der Waals surface area contributed by atoms with Gasteiger partial charge in [-0.2, -0.15) is 0 Å². The summed E-state index contributed by atoms with van der Waals surface area (Å²) in [5.41, 5.74) is 2.45. The van der Waals surface area contributed by atoms with Crippen molar-refractivity contribution in [3.63, 3.8) is 0 Å². The molecule has 1 aromatic rings. The summed E-state index contributed by atoms with van der Waals surface area (Å²) in [6.07, 6.45) is 1.68. The fourth-order valence-electron chi connectivity index (χ4n) is 1.30. The van der Waals surface area contributed by atoms with Crippen molar-refractivity contribution in [2.24, 2.45) is 5.41 Å². The maximum atomic E-state index is 11.7. The predicted octanol–water partition coefficient (Wildman–Crippen LogP) is 3.77. The number of rotatable bonds is 2. The summed E-state index contributed by atoms with van der Waals surface area (Å²) in [6.45, 7) is 10.1. The Kier molecular flexibility index (Phi) is 4.59. The fraction of sp³-hybridized carbons (Fsp3) is 0.400. The van der Waals surface area contributed by atoms with Gasteiger partial charge in [0.25, 0.3) is 0 Å². The number of nitrogens with one attached hydrogen (secondary N) is 2. The molecule has 2 amide bonds. The summed E-state index contributed by atoms with van der Waals surface area (Å²) in [4.78, 5) is 11.7. The summed E-state index contributed by atoms with van der Waals surface area (Å²) in [7, 11) is 0. The highest BCUT2D eigenvalue weighted by atomic mass is 16.3. The fourth-order valence-corrected chi connectivity index (χ4v) is 1.30. The van der Waals surface area contributed by atoms with Crippen LogP contribution in [0.25, 0.3) is 0 Å². The molecule has 0 bridgehead atoms. The van der Waals surface area contributed by atoms with Gasteiger partial charge in [0.05, 0.1) is 5.69 Å². The molecule has 0 aliphatic carbocycles. The quantitative estimate of drug-likeness (QED) is 0.710. The van der Waals surface area contributed by atoms with Crippen molar-refractivity contribution in [3.05, 3.63) is 35.5 Å². The molecule has 3 N–H and O–H groups in total. The Hall–Kier alpha value is -1.97. The molecule has 4 nitrogen and oxygen atoms in total. The van der Waals surface area contributed by atoms with Crippen molar-refractivity contribution in [2.75, 3.05) is 5.32 Å². The molecule has 104 valence electrons. The van der Waals surface area contributed by atoms with Gasteiger partial charge in [0, 0.05) is 6.20 Å². The van der Waals surface area contributed by atoms with Crippen molar-refractivity contribution >= 4 is 11.7 Å². The number of aryl methyl sites for hydroxylation is 1. The molecular formula is C15H22N2O2. The van der Waals surface area contributed by atoms with E-state index in [0.717, 1.165) is 11.1 Å². The van der Waals surface area contributed by atoms with Crippen LogP contribution in [-0.4, -0.2) is 11.1 Å². The van der Waals surface area contributed by atoms with Crippen LogP contribution in [0.3, 0.4) is 0 Å². The van der Waals surface area contributed by atoms with Gasteiger partial charge in [-0.3, -0.25) is 0 Å². The van der Waals surface area contributed by atoms with E-state index in [2.05, 4.69) is 31.4 Å². The van der Waals surface area contributed by atoms with E-state index in [4.69, 9.17) is 0 Å². The first kappa shape index (κ1) is 15.1. The van der Waals surface area contributed by atoms with E-state index in [1.807, 2.05) is 13.8 Å². The number of carbonyl (C=O) groups excluding carboxylic acids is 1. The Morgan fingerprint density at radius 3 is 2.53 bits per heavy atom. The molecule has 0 aromatic heterocycles. The first-order chi connectivity index (χ1) is 8.70. The molecule has 19 heavy (non-hydrogen) atoms. The SMILES string of the molecule is C/C(=C\NC(=O)Nc1cc(C)ccc1O)C(C)(C)C. The van der Waals surface area contributed by atoms with Crippen LogP contribution in [0, 0.1) is 12.3 Å². The summed E-state index contributed by atoms with van der Waals surface area (Å²) in [5, 5.41) is 14.9. The minimum Gasteiger partial charge on any atom is -0.506 e. The highest BCUT2D eigenvalue weighted by Crippen LogP contribution is 2.24. The van der Waals surface area contributed by atoms with Gasteiger partial charge < -0.3 is 15.7 Å². The van der Waals surface area contributed by atoms with E-state index in [9.17, 15) is 9.90 Å². The van der Waals surface area contributed by atoms with Crippen molar-refractivity contribution in [2.45, 2.75) is 34.6 Å². The molecule has 1 aromatic carbocycles. The second-order valence-corrected chi connectivity index (χ2v) is 5.70. The zero-order chi connectivity index (χ0) is 14.6. The highest BCUT2D eigenvalue weighted by Gasteiger charge is 2.12. The number of urea groups is 1. The molecule has 0 unspecified atom stereocenters. The van der Waals surface area contributed by atoms with Crippen LogP contribution in [0.4, 0.5) is 10.5 Å². The lowest BCUT2D eigenvalue weighted by atomic mass is 9.88. The van der Waals surface area contributed by atoms with E-state index < -0.39 is 0 Å². The Labute approximate surface area is 114 Å². The van der Waals surface area contributed by atoms with E-state index in [1.165, 1.54) is 0 Å². The van der Waals surface area contributed by atoms with Crippen LogP contribution < -0.4 is 10.6 Å². The standard InChI is InChI=1S/C15H22N2O2/c1-10-6-7-13(18)12(8-10)17-14(19)16-9-11(2)15(3,4)5/h6-9,18H,1-5H3,(H2,16,17,19)/b11-9+. The lowest BCUT2D eigenvalue weighted by Crippen LogP contribution is -2.25.